The van der Waals surface area contributed by atoms with Gasteiger partial charge in [0.1, 0.15) is 0 Å². The third kappa shape index (κ3) is 5.51. The Kier molecular flexibility index (Phi) is 6.42. The monoisotopic (exact) mass is 286 g/mol. The first-order chi connectivity index (χ1) is 9.76. The van der Waals surface area contributed by atoms with E-state index >= 15 is 0 Å². The lowest BCUT2D eigenvalue weighted by atomic mass is 9.67. The number of rotatable bonds is 4. The lowest BCUT2D eigenvalue weighted by molar-refractivity contribution is 0.117. The van der Waals surface area contributed by atoms with Crippen molar-refractivity contribution in [2.24, 2.45) is 11.3 Å². The van der Waals surface area contributed by atoms with Gasteiger partial charge in [-0.2, -0.15) is 0 Å². The molecule has 21 heavy (non-hydrogen) atoms. The van der Waals surface area contributed by atoms with E-state index in [0.29, 0.717) is 5.92 Å². The average Bonchev–Trinajstić information content (AvgIpc) is 2.36. The smallest absolute Gasteiger partial charge is 0.0729 e. The zero-order valence-corrected chi connectivity index (χ0v) is 14.4. The maximum absolute atomic E-state index is 9.88. The largest absolute Gasteiger partial charge is 0.389 e. The van der Waals surface area contributed by atoms with Gasteiger partial charge in [0.15, 0.2) is 0 Å². The molecule has 0 radical (unpaired) electrons. The van der Waals surface area contributed by atoms with Crippen molar-refractivity contribution in [3.8, 4) is 0 Å². The predicted molar refractivity (Wildman–Crippen MR) is 93.1 cm³/mol. The summed E-state index contributed by atoms with van der Waals surface area (Å²) < 4.78 is 0. The fourth-order valence-electron chi connectivity index (χ4n) is 2.91. The Hall–Kier alpha value is -1.34. The average molecular weight is 286 g/mol. The van der Waals surface area contributed by atoms with Crippen LogP contribution < -0.4 is 0 Å². The van der Waals surface area contributed by atoms with E-state index in [9.17, 15) is 5.11 Å². The van der Waals surface area contributed by atoms with Crippen molar-refractivity contribution in [2.45, 2.75) is 54.1 Å². The van der Waals surface area contributed by atoms with Crippen molar-refractivity contribution in [3.05, 3.63) is 59.3 Å². The van der Waals surface area contributed by atoms with Gasteiger partial charge in [-0.3, -0.25) is 0 Å². The highest BCUT2D eigenvalue weighted by molar-refractivity contribution is 5.29. The second-order valence-electron chi connectivity index (χ2n) is 6.81. The molecule has 0 aromatic heterocycles. The zero-order valence-electron chi connectivity index (χ0n) is 14.4. The lowest BCUT2D eigenvalue weighted by Gasteiger charge is -2.38. The van der Waals surface area contributed by atoms with Crippen molar-refractivity contribution in [3.63, 3.8) is 0 Å². The molecule has 1 rings (SSSR count). The molecule has 0 saturated heterocycles. The molecule has 1 N–H and O–H groups in total. The Morgan fingerprint density at radius 1 is 1.24 bits per heavy atom. The fourth-order valence-corrected chi connectivity index (χ4v) is 2.91. The molecular weight excluding hydrogens is 256 g/mol. The second-order valence-corrected chi connectivity index (χ2v) is 6.81. The van der Waals surface area contributed by atoms with Gasteiger partial charge in [-0.15, -0.1) is 0 Å². The molecule has 0 aliphatic heterocycles. The molecule has 1 aliphatic rings. The Labute approximate surface area is 130 Å². The predicted octanol–water partition coefficient (Wildman–Crippen LogP) is 5.36. The van der Waals surface area contributed by atoms with Gasteiger partial charge >= 0.3 is 0 Å². The molecule has 1 heteroatoms. The van der Waals surface area contributed by atoms with Gasteiger partial charge < -0.3 is 5.11 Å². The second kappa shape index (κ2) is 7.61. The van der Waals surface area contributed by atoms with Crippen molar-refractivity contribution < 1.29 is 5.11 Å². The third-order valence-electron chi connectivity index (χ3n) is 4.25. The van der Waals surface area contributed by atoms with E-state index in [1.807, 2.05) is 13.0 Å². The molecule has 0 amide bonds. The normalized spacial score (nSPS) is 27.5. The van der Waals surface area contributed by atoms with Crippen molar-refractivity contribution in [2.75, 3.05) is 0 Å². The molecule has 0 fully saturated rings. The summed E-state index contributed by atoms with van der Waals surface area (Å²) in [7, 11) is 0. The van der Waals surface area contributed by atoms with Crippen LogP contribution in [0.25, 0.3) is 0 Å². The van der Waals surface area contributed by atoms with E-state index in [2.05, 4.69) is 71.1 Å². The third-order valence-corrected chi connectivity index (χ3v) is 4.25. The maximum atomic E-state index is 9.88. The van der Waals surface area contributed by atoms with Crippen LogP contribution in [0.4, 0.5) is 0 Å². The van der Waals surface area contributed by atoms with Gasteiger partial charge in [-0.25, -0.2) is 0 Å². The van der Waals surface area contributed by atoms with Crippen LogP contribution in [0.5, 0.6) is 0 Å². The molecule has 0 spiro atoms. The summed E-state index contributed by atoms with van der Waals surface area (Å²) in [5, 5.41) is 9.88. The van der Waals surface area contributed by atoms with Crippen LogP contribution >= 0.6 is 0 Å². The van der Waals surface area contributed by atoms with E-state index < -0.39 is 0 Å². The molecule has 0 heterocycles. The Morgan fingerprint density at radius 3 is 2.48 bits per heavy atom. The first kappa shape index (κ1) is 17.7. The Morgan fingerprint density at radius 2 is 1.90 bits per heavy atom. The standard InChI is InChI=1S/C20H30O/c1-7-15(2)9-8-10-16(3)11-12-19-17(4)13-18(21)14-20(19,5)6/h7-13,18-19,21H,14H2,1-6H3/b9-8+,12-11+,15-7+,16-10+/t18-,19+/m1/s1. The molecule has 0 aromatic rings. The highest BCUT2D eigenvalue weighted by Crippen LogP contribution is 2.41. The van der Waals surface area contributed by atoms with Crippen LogP contribution in [-0.2, 0) is 0 Å². The van der Waals surface area contributed by atoms with Crippen molar-refractivity contribution >= 4 is 0 Å². The molecule has 0 aromatic carbocycles. The molecule has 116 valence electrons. The lowest BCUT2D eigenvalue weighted by Crippen LogP contribution is -2.32. The summed E-state index contributed by atoms with van der Waals surface area (Å²) in [6.07, 6.45) is 15.4. The quantitative estimate of drug-likeness (QED) is 0.544. The molecule has 1 aliphatic carbocycles. The van der Waals surface area contributed by atoms with Gasteiger partial charge in [0.2, 0.25) is 0 Å². The van der Waals surface area contributed by atoms with E-state index in [-0.39, 0.29) is 11.5 Å². The minimum atomic E-state index is -0.298. The summed E-state index contributed by atoms with van der Waals surface area (Å²) >= 11 is 0. The molecule has 1 nitrogen and oxygen atoms in total. The number of aliphatic hydroxyl groups excluding tert-OH is 1. The van der Waals surface area contributed by atoms with Gasteiger partial charge in [-0.05, 0) is 39.5 Å². The highest BCUT2D eigenvalue weighted by atomic mass is 16.3. The summed E-state index contributed by atoms with van der Waals surface area (Å²) in [6.45, 7) is 12.8. The first-order valence-corrected chi connectivity index (χ1v) is 7.78. The zero-order chi connectivity index (χ0) is 16.0. The summed E-state index contributed by atoms with van der Waals surface area (Å²) in [5.74, 6) is 0.394. The van der Waals surface area contributed by atoms with Crippen molar-refractivity contribution in [1.82, 2.24) is 0 Å². The molecule has 0 saturated carbocycles. The van der Waals surface area contributed by atoms with Gasteiger partial charge in [0.05, 0.1) is 6.10 Å². The van der Waals surface area contributed by atoms with Crippen molar-refractivity contribution in [1.29, 1.82) is 0 Å². The van der Waals surface area contributed by atoms with Gasteiger partial charge in [0.25, 0.3) is 0 Å². The number of hydrogen-bond donors (Lipinski definition) is 1. The summed E-state index contributed by atoms with van der Waals surface area (Å²) in [4.78, 5) is 0. The topological polar surface area (TPSA) is 20.2 Å². The van der Waals surface area contributed by atoms with E-state index in [1.54, 1.807) is 0 Å². The van der Waals surface area contributed by atoms with Crippen LogP contribution in [0.15, 0.2) is 59.3 Å². The minimum absolute atomic E-state index is 0.104. The molecule has 0 bridgehead atoms. The van der Waals surface area contributed by atoms with Gasteiger partial charge in [0, 0.05) is 5.92 Å². The number of hydrogen-bond acceptors (Lipinski definition) is 1. The molecular formula is C20H30O. The Bertz CT molecular complexity index is 498. The number of aliphatic hydroxyl groups is 1. The highest BCUT2D eigenvalue weighted by Gasteiger charge is 2.34. The van der Waals surface area contributed by atoms with E-state index in [4.69, 9.17) is 0 Å². The maximum Gasteiger partial charge on any atom is 0.0729 e. The SMILES string of the molecule is C/C=C(C)/C=C/C=C(C)/C=C/[C@H]1C(C)=C[C@@H](O)CC1(C)C. The molecule has 2 atom stereocenters. The van der Waals surface area contributed by atoms with Crippen LogP contribution in [-0.4, -0.2) is 11.2 Å². The van der Waals surface area contributed by atoms with Gasteiger partial charge in [-0.1, -0.05) is 73.1 Å². The first-order valence-electron chi connectivity index (χ1n) is 7.78. The fraction of sp³-hybridized carbons (Fsp3) is 0.500. The molecule has 0 unspecified atom stereocenters. The van der Waals surface area contributed by atoms with E-state index in [1.165, 1.54) is 16.7 Å². The van der Waals surface area contributed by atoms with E-state index in [0.717, 1.165) is 6.42 Å². The van der Waals surface area contributed by atoms with Crippen LogP contribution in [0.3, 0.4) is 0 Å². The number of allylic oxidation sites excluding steroid dienone is 9. The van der Waals surface area contributed by atoms with Crippen LogP contribution in [0.1, 0.15) is 48.0 Å². The summed E-state index contributed by atoms with van der Waals surface area (Å²) in [5.41, 5.74) is 3.88. The van der Waals surface area contributed by atoms with Crippen LogP contribution in [0, 0.1) is 11.3 Å². The van der Waals surface area contributed by atoms with Crippen LogP contribution in [0.2, 0.25) is 0 Å². The Balaban J connectivity index is 2.81. The minimum Gasteiger partial charge on any atom is -0.389 e. The summed E-state index contributed by atoms with van der Waals surface area (Å²) in [6, 6.07) is 0.